The fraction of sp³-hybridized carbons (Fsp3) is 0.167. The maximum atomic E-state index is 12.7. The number of hydrogen-bond donors (Lipinski definition) is 1. The molecule has 0 aliphatic rings. The van der Waals surface area contributed by atoms with Gasteiger partial charge in [-0.25, -0.2) is 4.98 Å². The molecule has 0 fully saturated rings. The van der Waals surface area contributed by atoms with Crippen molar-refractivity contribution in [3.05, 3.63) is 47.5 Å². The van der Waals surface area contributed by atoms with Gasteiger partial charge >= 0.3 is 6.18 Å². The van der Waals surface area contributed by atoms with E-state index in [9.17, 15) is 13.2 Å². The lowest BCUT2D eigenvalue weighted by atomic mass is 10.1. The summed E-state index contributed by atoms with van der Waals surface area (Å²) in [5.41, 5.74) is 5.39. The largest absolute Gasteiger partial charge is 0.416 e. The van der Waals surface area contributed by atoms with Crippen molar-refractivity contribution in [2.45, 2.75) is 13.1 Å². The summed E-state index contributed by atoms with van der Waals surface area (Å²) in [7, 11) is 0. The molecule has 2 rings (SSSR count). The lowest BCUT2D eigenvalue weighted by molar-refractivity contribution is -0.137. The maximum absolute atomic E-state index is 12.7. The zero-order chi connectivity index (χ0) is 14.2. The van der Waals surface area contributed by atoms with E-state index < -0.39 is 11.7 Å². The summed E-state index contributed by atoms with van der Waals surface area (Å²) < 4.78 is 39.7. The van der Waals surface area contributed by atoms with Gasteiger partial charge in [0.05, 0.1) is 11.3 Å². The number of hydrogen-bond acceptors (Lipinski definition) is 2. The zero-order valence-electron chi connectivity index (χ0n) is 9.90. The average Bonchev–Trinajstić information content (AvgIpc) is 2.73. The van der Waals surface area contributed by atoms with Crippen molar-refractivity contribution >= 4 is 17.2 Å². The van der Waals surface area contributed by atoms with Crippen LogP contribution in [-0.2, 0) is 6.18 Å². The fourth-order valence-electron chi connectivity index (χ4n) is 1.75. The number of alkyl halides is 3. The molecule has 0 atom stereocenters. The predicted octanol–water partition coefficient (Wildman–Crippen LogP) is 2.83. The highest BCUT2D eigenvalue weighted by atomic mass is 32.1. The van der Waals surface area contributed by atoms with Crippen molar-refractivity contribution in [3.8, 4) is 5.69 Å². The van der Waals surface area contributed by atoms with Gasteiger partial charge in [-0.15, -0.1) is 0 Å². The van der Waals surface area contributed by atoms with Crippen molar-refractivity contribution in [1.82, 2.24) is 9.55 Å². The first-order valence-electron chi connectivity index (χ1n) is 5.32. The van der Waals surface area contributed by atoms with Gasteiger partial charge in [0, 0.05) is 18.0 Å². The number of nitrogens with two attached hydrogens (primary N) is 1. The first-order chi connectivity index (χ1) is 8.80. The van der Waals surface area contributed by atoms with Crippen LogP contribution < -0.4 is 5.73 Å². The summed E-state index contributed by atoms with van der Waals surface area (Å²) in [6, 6.07) is 3.29. The molecule has 0 amide bonds. The quantitative estimate of drug-likeness (QED) is 0.863. The summed E-state index contributed by atoms with van der Waals surface area (Å²) in [6.45, 7) is 1.74. The number of nitrogens with zero attached hydrogens (tertiary/aromatic N) is 2. The highest BCUT2D eigenvalue weighted by molar-refractivity contribution is 7.80. The molecular weight excluding hydrogens is 275 g/mol. The van der Waals surface area contributed by atoms with Gasteiger partial charge in [-0.05, 0) is 25.1 Å². The first-order valence-corrected chi connectivity index (χ1v) is 5.73. The summed E-state index contributed by atoms with van der Waals surface area (Å²) in [5, 5.41) is 0. The Hall–Kier alpha value is -1.89. The van der Waals surface area contributed by atoms with E-state index in [0.717, 1.165) is 12.1 Å². The third-order valence-corrected chi connectivity index (χ3v) is 2.89. The van der Waals surface area contributed by atoms with Crippen molar-refractivity contribution in [2.75, 3.05) is 0 Å². The molecule has 1 heterocycles. The van der Waals surface area contributed by atoms with Crippen LogP contribution in [0.4, 0.5) is 13.2 Å². The number of thiocarbonyl (C=S) groups is 1. The van der Waals surface area contributed by atoms with E-state index in [1.807, 2.05) is 0 Å². The Morgan fingerprint density at radius 1 is 1.37 bits per heavy atom. The van der Waals surface area contributed by atoms with Crippen LogP contribution in [0.2, 0.25) is 0 Å². The second-order valence-corrected chi connectivity index (χ2v) is 4.38. The highest BCUT2D eigenvalue weighted by Gasteiger charge is 2.31. The molecule has 100 valence electrons. The molecule has 0 bridgehead atoms. The molecule has 7 heteroatoms. The number of imidazole rings is 1. The Labute approximate surface area is 112 Å². The van der Waals surface area contributed by atoms with Gasteiger partial charge in [0.15, 0.2) is 0 Å². The summed E-state index contributed by atoms with van der Waals surface area (Å²) in [5.74, 6) is 0.636. The van der Waals surface area contributed by atoms with Gasteiger partial charge in [-0.3, -0.25) is 0 Å². The van der Waals surface area contributed by atoms with Gasteiger partial charge in [0.25, 0.3) is 0 Å². The SMILES string of the molecule is Cc1nccn1-c1ccc(C(F)(F)F)cc1C(N)=S. The summed E-state index contributed by atoms with van der Waals surface area (Å²) in [4.78, 5) is 3.93. The highest BCUT2D eigenvalue weighted by Crippen LogP contribution is 2.31. The topological polar surface area (TPSA) is 43.8 Å². The van der Waals surface area contributed by atoms with Crippen LogP contribution in [0.1, 0.15) is 17.0 Å². The number of aromatic nitrogens is 2. The summed E-state index contributed by atoms with van der Waals surface area (Å²) in [6.07, 6.45) is -1.24. The lowest BCUT2D eigenvalue weighted by Gasteiger charge is -2.14. The van der Waals surface area contributed by atoms with E-state index in [0.29, 0.717) is 11.5 Å². The third kappa shape index (κ3) is 2.60. The molecule has 0 spiro atoms. The van der Waals surface area contributed by atoms with Crippen LogP contribution >= 0.6 is 12.2 Å². The normalized spacial score (nSPS) is 11.6. The van der Waals surface area contributed by atoms with Crippen LogP contribution in [0, 0.1) is 6.92 Å². The third-order valence-electron chi connectivity index (χ3n) is 2.67. The van der Waals surface area contributed by atoms with Crippen LogP contribution in [0.3, 0.4) is 0 Å². The number of aryl methyl sites for hydroxylation is 1. The second-order valence-electron chi connectivity index (χ2n) is 3.94. The minimum atomic E-state index is -4.43. The van der Waals surface area contributed by atoms with Crippen molar-refractivity contribution < 1.29 is 13.2 Å². The molecule has 1 aromatic carbocycles. The summed E-state index contributed by atoms with van der Waals surface area (Å²) >= 11 is 4.83. The smallest absolute Gasteiger partial charge is 0.389 e. The first kappa shape index (κ1) is 13.5. The molecule has 2 N–H and O–H groups in total. The molecule has 0 saturated carbocycles. The molecule has 19 heavy (non-hydrogen) atoms. The van der Waals surface area contributed by atoms with E-state index in [1.165, 1.54) is 6.07 Å². The lowest BCUT2D eigenvalue weighted by Crippen LogP contribution is -2.16. The van der Waals surface area contributed by atoms with E-state index in [4.69, 9.17) is 18.0 Å². The molecule has 3 nitrogen and oxygen atoms in total. The van der Waals surface area contributed by atoms with Crippen LogP contribution in [0.5, 0.6) is 0 Å². The van der Waals surface area contributed by atoms with Crippen LogP contribution in [0.15, 0.2) is 30.6 Å². The monoisotopic (exact) mass is 285 g/mol. The molecule has 1 aromatic heterocycles. The zero-order valence-corrected chi connectivity index (χ0v) is 10.7. The molecule has 0 aliphatic heterocycles. The number of halogens is 3. The van der Waals surface area contributed by atoms with Crippen molar-refractivity contribution in [1.29, 1.82) is 0 Å². The Balaban J connectivity index is 2.64. The van der Waals surface area contributed by atoms with E-state index >= 15 is 0 Å². The average molecular weight is 285 g/mol. The fourth-order valence-corrected chi connectivity index (χ4v) is 1.92. The van der Waals surface area contributed by atoms with Crippen molar-refractivity contribution in [3.63, 3.8) is 0 Å². The molecule has 0 unspecified atom stereocenters. The minimum absolute atomic E-state index is 0.0887. The predicted molar refractivity (Wildman–Crippen MR) is 69.2 cm³/mol. The van der Waals surface area contributed by atoms with E-state index in [1.54, 1.807) is 23.9 Å². The Morgan fingerprint density at radius 2 is 2.05 bits per heavy atom. The maximum Gasteiger partial charge on any atom is 0.416 e. The Morgan fingerprint density at radius 3 is 2.53 bits per heavy atom. The van der Waals surface area contributed by atoms with Gasteiger partial charge < -0.3 is 10.3 Å². The number of benzene rings is 1. The van der Waals surface area contributed by atoms with Crippen molar-refractivity contribution in [2.24, 2.45) is 5.73 Å². The van der Waals surface area contributed by atoms with Crippen LogP contribution in [0.25, 0.3) is 5.69 Å². The molecular formula is C12H10F3N3S. The molecule has 2 aromatic rings. The molecule has 0 saturated heterocycles. The van der Waals surface area contributed by atoms with E-state index in [2.05, 4.69) is 4.98 Å². The van der Waals surface area contributed by atoms with E-state index in [-0.39, 0.29) is 10.6 Å². The Bertz CT molecular complexity index is 631. The minimum Gasteiger partial charge on any atom is -0.389 e. The Kier molecular flexibility index (Phi) is 3.32. The van der Waals surface area contributed by atoms with Gasteiger partial charge in [0.1, 0.15) is 10.8 Å². The van der Waals surface area contributed by atoms with Crippen LogP contribution in [-0.4, -0.2) is 14.5 Å². The number of rotatable bonds is 2. The molecule has 0 aliphatic carbocycles. The standard InChI is InChI=1S/C12H10F3N3S/c1-7-17-4-5-18(7)10-3-2-8(12(13,14)15)6-9(10)11(16)19/h2-6H,1H3,(H2,16,19). The van der Waals surface area contributed by atoms with Gasteiger partial charge in [-0.2, -0.15) is 13.2 Å². The second kappa shape index (κ2) is 4.65. The molecule has 0 radical (unpaired) electrons. The van der Waals surface area contributed by atoms with Gasteiger partial charge in [-0.1, -0.05) is 12.2 Å². The van der Waals surface area contributed by atoms with Gasteiger partial charge in [0.2, 0.25) is 0 Å².